The van der Waals surface area contributed by atoms with Gasteiger partial charge in [-0.2, -0.15) is 5.10 Å². The van der Waals surface area contributed by atoms with Gasteiger partial charge in [0.05, 0.1) is 5.69 Å². The highest BCUT2D eigenvalue weighted by Gasteiger charge is 2.25. The molecular weight excluding hydrogens is 372 g/mol. The maximum atomic E-state index is 12.6. The highest BCUT2D eigenvalue weighted by molar-refractivity contribution is 5.92. The van der Waals surface area contributed by atoms with Crippen molar-refractivity contribution in [3.05, 3.63) is 54.4 Å². The molecule has 0 aliphatic carbocycles. The molecule has 0 radical (unpaired) electrons. The number of ether oxygens (including phenoxy) is 1. The number of likely N-dealkylation sites (tertiary alicyclic amines) is 1. The average molecular weight is 396 g/mol. The molecule has 1 fully saturated rings. The van der Waals surface area contributed by atoms with E-state index < -0.39 is 0 Å². The Morgan fingerprint density at radius 1 is 1.34 bits per heavy atom. The molecule has 9 heteroatoms. The number of amides is 1. The maximum absolute atomic E-state index is 12.6. The van der Waals surface area contributed by atoms with Gasteiger partial charge in [0.15, 0.2) is 11.5 Å². The van der Waals surface area contributed by atoms with E-state index in [2.05, 4.69) is 27.2 Å². The van der Waals surface area contributed by atoms with Crippen molar-refractivity contribution in [1.82, 2.24) is 29.7 Å². The minimum atomic E-state index is -0.141. The Morgan fingerprint density at radius 3 is 2.86 bits per heavy atom. The Bertz CT molecular complexity index is 938. The zero-order chi connectivity index (χ0) is 20.2. The lowest BCUT2D eigenvalue weighted by Crippen LogP contribution is -2.39. The predicted octanol–water partition coefficient (Wildman–Crippen LogP) is 2.00. The van der Waals surface area contributed by atoms with Crippen LogP contribution in [0.5, 0.6) is 5.75 Å². The first-order valence-corrected chi connectivity index (χ1v) is 9.59. The molecule has 3 heterocycles. The molecule has 1 saturated heterocycles. The van der Waals surface area contributed by atoms with E-state index in [1.165, 1.54) is 12.7 Å². The molecule has 0 unspecified atom stereocenters. The van der Waals surface area contributed by atoms with Crippen LogP contribution in [-0.4, -0.2) is 68.9 Å². The average Bonchev–Trinajstić information content (AvgIpc) is 3.49. The zero-order valence-electron chi connectivity index (χ0n) is 16.6. The van der Waals surface area contributed by atoms with Crippen LogP contribution in [0.25, 0.3) is 5.69 Å². The predicted molar refractivity (Wildman–Crippen MR) is 105 cm³/mol. The Labute approximate surface area is 168 Å². The van der Waals surface area contributed by atoms with Crippen molar-refractivity contribution >= 4 is 5.91 Å². The summed E-state index contributed by atoms with van der Waals surface area (Å²) >= 11 is 0. The molecule has 1 aliphatic heterocycles. The summed E-state index contributed by atoms with van der Waals surface area (Å²) in [6.07, 6.45) is 5.40. The topological polar surface area (TPSA) is 89.5 Å². The summed E-state index contributed by atoms with van der Waals surface area (Å²) in [6, 6.07) is 9.49. The lowest BCUT2D eigenvalue weighted by atomic mass is 10.2. The summed E-state index contributed by atoms with van der Waals surface area (Å²) < 4.78 is 12.7. The van der Waals surface area contributed by atoms with Gasteiger partial charge < -0.3 is 19.1 Å². The van der Waals surface area contributed by atoms with Crippen molar-refractivity contribution in [2.75, 3.05) is 27.2 Å². The van der Waals surface area contributed by atoms with Crippen molar-refractivity contribution in [3.63, 3.8) is 0 Å². The van der Waals surface area contributed by atoms with Gasteiger partial charge in [0.1, 0.15) is 25.0 Å². The van der Waals surface area contributed by atoms with Gasteiger partial charge in [-0.15, -0.1) is 0 Å². The largest absolute Gasteiger partial charge is 0.486 e. The molecule has 1 aliphatic rings. The molecule has 29 heavy (non-hydrogen) atoms. The highest BCUT2D eigenvalue weighted by atomic mass is 16.5. The van der Waals surface area contributed by atoms with Gasteiger partial charge in [0.2, 0.25) is 0 Å². The van der Waals surface area contributed by atoms with Crippen LogP contribution in [0.2, 0.25) is 0 Å². The molecule has 0 spiro atoms. The fourth-order valence-corrected chi connectivity index (χ4v) is 3.48. The molecular formula is C20H24N6O3. The molecule has 0 bridgehead atoms. The third kappa shape index (κ3) is 4.45. The first kappa shape index (κ1) is 19.1. The van der Waals surface area contributed by atoms with E-state index in [1.807, 2.05) is 24.3 Å². The number of rotatable bonds is 7. The van der Waals surface area contributed by atoms with E-state index in [4.69, 9.17) is 9.26 Å². The van der Waals surface area contributed by atoms with E-state index in [9.17, 15) is 4.79 Å². The van der Waals surface area contributed by atoms with Crippen molar-refractivity contribution in [2.45, 2.75) is 25.5 Å². The Balaban J connectivity index is 1.31. The quantitative estimate of drug-likeness (QED) is 0.603. The van der Waals surface area contributed by atoms with Crippen LogP contribution in [0.3, 0.4) is 0 Å². The third-order valence-corrected chi connectivity index (χ3v) is 5.18. The summed E-state index contributed by atoms with van der Waals surface area (Å²) in [6.45, 7) is 1.96. The smallest absolute Gasteiger partial charge is 0.275 e. The normalized spacial score (nSPS) is 16.8. The first-order valence-electron chi connectivity index (χ1n) is 9.59. The Morgan fingerprint density at radius 2 is 2.17 bits per heavy atom. The van der Waals surface area contributed by atoms with Gasteiger partial charge in [-0.05, 0) is 50.7 Å². The van der Waals surface area contributed by atoms with Crippen LogP contribution in [0.4, 0.5) is 0 Å². The fourth-order valence-electron chi connectivity index (χ4n) is 3.48. The molecule has 2 aromatic heterocycles. The fraction of sp³-hybridized carbons (Fsp3) is 0.400. The minimum absolute atomic E-state index is 0.141. The second-order valence-corrected chi connectivity index (χ2v) is 7.26. The van der Waals surface area contributed by atoms with Crippen LogP contribution >= 0.6 is 0 Å². The maximum Gasteiger partial charge on any atom is 0.275 e. The highest BCUT2D eigenvalue weighted by Crippen LogP contribution is 2.18. The molecule has 9 nitrogen and oxygen atoms in total. The SMILES string of the molecule is CN(C[C@H]1CCCN1C)C(=O)c1cc(COc2ccc(-n3cncn3)cc2)on1. The number of hydrogen-bond donors (Lipinski definition) is 0. The van der Waals surface area contributed by atoms with E-state index in [1.54, 1.807) is 29.0 Å². The van der Waals surface area contributed by atoms with Crippen molar-refractivity contribution < 1.29 is 14.1 Å². The monoisotopic (exact) mass is 396 g/mol. The van der Waals surface area contributed by atoms with Crippen molar-refractivity contribution in [3.8, 4) is 11.4 Å². The molecule has 0 N–H and O–H groups in total. The van der Waals surface area contributed by atoms with E-state index in [-0.39, 0.29) is 12.5 Å². The lowest BCUT2D eigenvalue weighted by molar-refractivity contribution is 0.0751. The first-order chi connectivity index (χ1) is 14.1. The molecule has 152 valence electrons. The molecule has 0 saturated carbocycles. The third-order valence-electron chi connectivity index (χ3n) is 5.18. The van der Waals surface area contributed by atoms with E-state index in [0.717, 1.165) is 18.7 Å². The summed E-state index contributed by atoms with van der Waals surface area (Å²) in [5.41, 5.74) is 1.19. The van der Waals surface area contributed by atoms with Gasteiger partial charge in [-0.1, -0.05) is 5.16 Å². The van der Waals surface area contributed by atoms with Crippen LogP contribution in [0.1, 0.15) is 29.1 Å². The van der Waals surface area contributed by atoms with Gasteiger partial charge in [-0.25, -0.2) is 9.67 Å². The Hall–Kier alpha value is -3.20. The van der Waals surface area contributed by atoms with Crippen molar-refractivity contribution in [1.29, 1.82) is 0 Å². The summed E-state index contributed by atoms with van der Waals surface area (Å²) in [7, 11) is 3.90. The van der Waals surface area contributed by atoms with E-state index in [0.29, 0.717) is 29.8 Å². The van der Waals surface area contributed by atoms with E-state index >= 15 is 0 Å². The molecule has 4 rings (SSSR count). The van der Waals surface area contributed by atoms with Crippen LogP contribution < -0.4 is 4.74 Å². The number of hydrogen-bond acceptors (Lipinski definition) is 7. The van der Waals surface area contributed by atoms with Gasteiger partial charge in [-0.3, -0.25) is 4.79 Å². The van der Waals surface area contributed by atoms with Gasteiger partial charge >= 0.3 is 0 Å². The molecule has 1 atom stereocenters. The van der Waals surface area contributed by atoms with Gasteiger partial charge in [0, 0.05) is 25.7 Å². The van der Waals surface area contributed by atoms with Crippen LogP contribution in [-0.2, 0) is 6.61 Å². The zero-order valence-corrected chi connectivity index (χ0v) is 16.6. The second kappa shape index (κ2) is 8.44. The summed E-state index contributed by atoms with van der Waals surface area (Å²) in [5, 5.41) is 7.99. The lowest BCUT2D eigenvalue weighted by Gasteiger charge is -2.25. The summed E-state index contributed by atoms with van der Waals surface area (Å²) in [5.74, 6) is 1.04. The van der Waals surface area contributed by atoms with Crippen LogP contribution in [0, 0.1) is 0 Å². The second-order valence-electron chi connectivity index (χ2n) is 7.26. The Kier molecular flexibility index (Phi) is 5.57. The molecule has 1 aromatic carbocycles. The number of likely N-dealkylation sites (N-methyl/N-ethyl adjacent to an activating group) is 2. The van der Waals surface area contributed by atoms with Crippen LogP contribution in [0.15, 0.2) is 47.5 Å². The number of nitrogens with zero attached hydrogens (tertiary/aromatic N) is 6. The van der Waals surface area contributed by atoms with Gasteiger partial charge in [0.25, 0.3) is 5.91 Å². The van der Waals surface area contributed by atoms with Crippen molar-refractivity contribution in [2.24, 2.45) is 0 Å². The standard InChI is InChI=1S/C20H24N6O3/c1-24-9-3-4-16(24)11-25(2)20(27)19-10-18(29-23-19)12-28-17-7-5-15(6-8-17)26-14-21-13-22-26/h5-8,10,13-14,16H,3-4,9,11-12H2,1-2H3/t16-/m1/s1. The number of carbonyl (C=O) groups is 1. The molecule has 3 aromatic rings. The number of carbonyl (C=O) groups excluding carboxylic acids is 1. The molecule has 1 amide bonds. The summed E-state index contributed by atoms with van der Waals surface area (Å²) in [4.78, 5) is 20.5. The number of aromatic nitrogens is 4. The minimum Gasteiger partial charge on any atom is -0.486 e. The number of benzene rings is 1.